The van der Waals surface area contributed by atoms with E-state index in [0.29, 0.717) is 0 Å². The van der Waals surface area contributed by atoms with Crippen molar-refractivity contribution in [1.29, 1.82) is 0 Å². The molecule has 2 aromatic heterocycles. The molecule has 0 spiro atoms. The second kappa shape index (κ2) is 5.47. The summed E-state index contributed by atoms with van der Waals surface area (Å²) in [6.07, 6.45) is 5.01. The molecule has 0 aliphatic carbocycles. The average molecular weight is 191 g/mol. The Kier molecular flexibility index (Phi) is 3.87. The van der Waals surface area contributed by atoms with Gasteiger partial charge in [0.15, 0.2) is 0 Å². The summed E-state index contributed by atoms with van der Waals surface area (Å²) in [6.45, 7) is 0. The van der Waals surface area contributed by atoms with Gasteiger partial charge >= 0.3 is 5.82 Å². The number of H-pyrrole nitrogens is 1. The van der Waals surface area contributed by atoms with Crippen LogP contribution < -0.4 is 0 Å². The van der Waals surface area contributed by atoms with Gasteiger partial charge < -0.3 is 10.1 Å². The van der Waals surface area contributed by atoms with Gasteiger partial charge in [0.05, 0.1) is 6.20 Å². The van der Waals surface area contributed by atoms with Crippen LogP contribution in [0.5, 0.6) is 0 Å². The second-order valence-corrected chi connectivity index (χ2v) is 2.34. The minimum Gasteiger partial charge on any atom is -0.358 e. The molecule has 1 N–H and O–H groups in total. The summed E-state index contributed by atoms with van der Waals surface area (Å²) in [4.78, 5) is 15.6. The van der Waals surface area contributed by atoms with Crippen molar-refractivity contribution in [2.45, 2.75) is 0 Å². The van der Waals surface area contributed by atoms with Gasteiger partial charge in [-0.25, -0.2) is 4.98 Å². The lowest BCUT2D eigenvalue weighted by Gasteiger charge is -1.84. The third-order valence-electron chi connectivity index (χ3n) is 1.34. The maximum atomic E-state index is 9.84. The highest BCUT2D eigenvalue weighted by Crippen LogP contribution is 2.02. The molecule has 14 heavy (non-hydrogen) atoms. The van der Waals surface area contributed by atoms with E-state index < -0.39 is 4.92 Å². The average Bonchev–Trinajstić information content (AvgIpc) is 2.74. The van der Waals surface area contributed by atoms with Crippen LogP contribution >= 0.6 is 0 Å². The lowest BCUT2D eigenvalue weighted by Crippen LogP contribution is -1.85. The number of rotatable bonds is 1. The van der Waals surface area contributed by atoms with Crippen LogP contribution in [0.1, 0.15) is 0 Å². The van der Waals surface area contributed by atoms with Gasteiger partial charge in [0.2, 0.25) is 0 Å². The fourth-order valence-corrected chi connectivity index (χ4v) is 0.747. The van der Waals surface area contributed by atoms with E-state index in [2.05, 4.69) is 9.97 Å². The van der Waals surface area contributed by atoms with Crippen molar-refractivity contribution in [3.8, 4) is 0 Å². The van der Waals surface area contributed by atoms with Gasteiger partial charge in [0.25, 0.3) is 0 Å². The molecule has 0 saturated heterocycles. The molecule has 0 fully saturated rings. The predicted molar refractivity (Wildman–Crippen MR) is 51.7 cm³/mol. The Bertz CT molecular complexity index is 332. The zero-order valence-corrected chi connectivity index (χ0v) is 7.33. The zero-order valence-electron chi connectivity index (χ0n) is 7.33. The summed E-state index contributed by atoms with van der Waals surface area (Å²) in [7, 11) is 0. The number of hydrogen-bond donors (Lipinski definition) is 1. The van der Waals surface area contributed by atoms with Crippen molar-refractivity contribution in [2.75, 3.05) is 0 Å². The summed E-state index contributed by atoms with van der Waals surface area (Å²) in [6, 6.07) is 8.70. The van der Waals surface area contributed by atoms with Gasteiger partial charge in [0.1, 0.15) is 0 Å². The second-order valence-electron chi connectivity index (χ2n) is 2.34. The van der Waals surface area contributed by atoms with Crippen LogP contribution in [0.15, 0.2) is 48.9 Å². The minimum absolute atomic E-state index is 0.0324. The number of nitrogens with one attached hydrogen (secondary N) is 1. The number of hydrogen-bond acceptors (Lipinski definition) is 3. The first-order valence-corrected chi connectivity index (χ1v) is 3.93. The molecule has 0 radical (unpaired) electrons. The number of nitrogens with zero attached hydrogens (tertiary/aromatic N) is 2. The van der Waals surface area contributed by atoms with Crippen LogP contribution in [0.25, 0.3) is 0 Å². The number of pyridine rings is 1. The Morgan fingerprint density at radius 3 is 2.14 bits per heavy atom. The Balaban J connectivity index is 0.000000146. The van der Waals surface area contributed by atoms with Crippen molar-refractivity contribution in [3.05, 3.63) is 59.0 Å². The van der Waals surface area contributed by atoms with E-state index in [9.17, 15) is 10.1 Å². The highest BCUT2D eigenvalue weighted by molar-refractivity contribution is 5.17. The van der Waals surface area contributed by atoms with Crippen LogP contribution in [0.3, 0.4) is 0 Å². The Morgan fingerprint density at radius 1 is 1.21 bits per heavy atom. The van der Waals surface area contributed by atoms with E-state index >= 15 is 0 Å². The minimum atomic E-state index is -0.472. The van der Waals surface area contributed by atoms with Gasteiger partial charge in [-0.15, -0.1) is 0 Å². The standard InChI is InChI=1S/C5H5N.C4H4N2O2/c1-2-4-6-5-3-1;7-6(8)4-2-1-3-5-4/h1-5H;1-3,5H. The molecular weight excluding hydrogens is 182 g/mol. The maximum absolute atomic E-state index is 9.84. The highest BCUT2D eigenvalue weighted by atomic mass is 16.6. The van der Waals surface area contributed by atoms with E-state index in [1.54, 1.807) is 18.5 Å². The highest BCUT2D eigenvalue weighted by Gasteiger charge is 1.97. The van der Waals surface area contributed by atoms with Gasteiger partial charge in [-0.05, 0) is 23.1 Å². The molecule has 0 bridgehead atoms. The fraction of sp³-hybridized carbons (Fsp3) is 0. The smallest absolute Gasteiger partial charge is 0.320 e. The molecular formula is C9H9N3O2. The van der Waals surface area contributed by atoms with Crippen LogP contribution in [-0.4, -0.2) is 14.9 Å². The van der Waals surface area contributed by atoms with Gasteiger partial charge in [-0.3, -0.25) is 4.98 Å². The molecule has 2 heterocycles. The number of nitro groups is 1. The lowest BCUT2D eigenvalue weighted by molar-refractivity contribution is -0.389. The summed E-state index contributed by atoms with van der Waals surface area (Å²) in [5.74, 6) is 0.0324. The van der Waals surface area contributed by atoms with Crippen molar-refractivity contribution in [3.63, 3.8) is 0 Å². The Hall–Kier alpha value is -2.17. The monoisotopic (exact) mass is 191 g/mol. The Labute approximate surface area is 80.6 Å². The summed E-state index contributed by atoms with van der Waals surface area (Å²) in [5, 5.41) is 9.84. The molecule has 0 aromatic carbocycles. The van der Waals surface area contributed by atoms with E-state index in [0.717, 1.165) is 0 Å². The van der Waals surface area contributed by atoms with Gasteiger partial charge in [-0.2, -0.15) is 0 Å². The first-order chi connectivity index (χ1) is 6.80. The predicted octanol–water partition coefficient (Wildman–Crippen LogP) is 2.00. The summed E-state index contributed by atoms with van der Waals surface area (Å²) < 4.78 is 0. The summed E-state index contributed by atoms with van der Waals surface area (Å²) >= 11 is 0. The third-order valence-corrected chi connectivity index (χ3v) is 1.34. The van der Waals surface area contributed by atoms with Crippen molar-refractivity contribution in [1.82, 2.24) is 9.97 Å². The summed E-state index contributed by atoms with van der Waals surface area (Å²) in [5.41, 5.74) is 0. The number of aromatic nitrogens is 2. The molecule has 2 aromatic rings. The zero-order chi connectivity index (χ0) is 10.2. The SMILES string of the molecule is O=[N+]([O-])c1ccc[nH]1.c1ccncc1. The third kappa shape index (κ3) is 3.48. The van der Waals surface area contributed by atoms with E-state index in [1.807, 2.05) is 18.2 Å². The van der Waals surface area contributed by atoms with Crippen molar-refractivity contribution < 1.29 is 4.92 Å². The van der Waals surface area contributed by atoms with Gasteiger partial charge in [-0.1, -0.05) is 6.07 Å². The van der Waals surface area contributed by atoms with Crippen molar-refractivity contribution in [2.24, 2.45) is 0 Å². The largest absolute Gasteiger partial charge is 0.358 e. The van der Waals surface area contributed by atoms with E-state index in [4.69, 9.17) is 0 Å². The number of aromatic amines is 1. The molecule has 5 nitrogen and oxygen atoms in total. The van der Waals surface area contributed by atoms with E-state index in [1.165, 1.54) is 12.3 Å². The molecule has 0 atom stereocenters. The molecule has 0 aliphatic heterocycles. The van der Waals surface area contributed by atoms with Crippen molar-refractivity contribution >= 4 is 5.82 Å². The molecule has 72 valence electrons. The van der Waals surface area contributed by atoms with Crippen LogP contribution in [-0.2, 0) is 0 Å². The van der Waals surface area contributed by atoms with E-state index in [-0.39, 0.29) is 5.82 Å². The molecule has 5 heteroatoms. The first-order valence-electron chi connectivity index (χ1n) is 3.93. The normalized spacial score (nSPS) is 8.57. The molecule has 0 saturated carbocycles. The first kappa shape index (κ1) is 9.91. The quantitative estimate of drug-likeness (QED) is 0.553. The molecule has 2 rings (SSSR count). The van der Waals surface area contributed by atoms with Crippen LogP contribution in [0.2, 0.25) is 0 Å². The molecule has 0 unspecified atom stereocenters. The Morgan fingerprint density at radius 2 is 1.93 bits per heavy atom. The van der Waals surface area contributed by atoms with Gasteiger partial charge in [0, 0.05) is 18.5 Å². The topological polar surface area (TPSA) is 71.8 Å². The lowest BCUT2D eigenvalue weighted by atomic mass is 10.5. The fourth-order valence-electron chi connectivity index (χ4n) is 0.747. The van der Waals surface area contributed by atoms with Crippen LogP contribution in [0, 0.1) is 10.1 Å². The maximum Gasteiger partial charge on any atom is 0.320 e. The molecule has 0 aliphatic rings. The molecule has 0 amide bonds. The van der Waals surface area contributed by atoms with Crippen LogP contribution in [0.4, 0.5) is 5.82 Å².